The molecule has 2 heterocycles. The fourth-order valence-corrected chi connectivity index (χ4v) is 4.04. The maximum Gasteiger partial charge on any atom is 0.249 e. The summed E-state index contributed by atoms with van der Waals surface area (Å²) < 4.78 is 5.43. The number of piperidine rings is 1. The van der Waals surface area contributed by atoms with E-state index in [0.717, 1.165) is 6.42 Å². The van der Waals surface area contributed by atoms with Gasteiger partial charge in [-0.25, -0.2) is 0 Å². The highest BCUT2D eigenvalue weighted by atomic mass is 35.5. The zero-order valence-electron chi connectivity index (χ0n) is 17.0. The molecule has 3 rings (SSSR count). The molecule has 2 N–H and O–H groups in total. The molecule has 7 heteroatoms. The molecule has 1 unspecified atom stereocenters. The molecule has 1 aromatic rings. The highest BCUT2D eigenvalue weighted by molar-refractivity contribution is 6.30. The van der Waals surface area contributed by atoms with Crippen LogP contribution in [0.15, 0.2) is 36.4 Å². The van der Waals surface area contributed by atoms with Gasteiger partial charge in [0, 0.05) is 31.1 Å². The van der Waals surface area contributed by atoms with E-state index < -0.39 is 17.7 Å². The Bertz CT molecular complexity index is 774. The number of rotatable bonds is 5. The normalized spacial score (nSPS) is 25.9. The van der Waals surface area contributed by atoms with Gasteiger partial charge in [-0.05, 0) is 42.0 Å². The molecule has 6 nitrogen and oxygen atoms in total. The molecular weight excluding hydrogens is 392 g/mol. The first-order valence-corrected chi connectivity index (χ1v) is 10.5. The smallest absolute Gasteiger partial charge is 0.249 e. The van der Waals surface area contributed by atoms with Gasteiger partial charge in [-0.2, -0.15) is 0 Å². The molecule has 2 saturated heterocycles. The van der Waals surface area contributed by atoms with Crippen LogP contribution in [0.2, 0.25) is 5.02 Å². The zero-order valence-corrected chi connectivity index (χ0v) is 17.7. The van der Waals surface area contributed by atoms with E-state index in [1.165, 1.54) is 0 Å². The number of halogens is 1. The van der Waals surface area contributed by atoms with Crippen LogP contribution in [0.3, 0.4) is 0 Å². The molecule has 2 aliphatic rings. The standard InChI is InChI=1S/C22H29ClN2O4/c1-14(2)19(24-20(26)18-5-4-12-29-18)21(27)25-11-10-22(28,15(3)13-25)16-6-8-17(23)9-7-16/h6-9,14,18-19,28H,3-5,10-13H2,1-2H3,(H,24,26)/t18?,19-,22-/m1/s1. The molecule has 0 radical (unpaired) electrons. The fourth-order valence-electron chi connectivity index (χ4n) is 3.92. The van der Waals surface area contributed by atoms with Gasteiger partial charge >= 0.3 is 0 Å². The molecule has 0 spiro atoms. The largest absolute Gasteiger partial charge is 0.381 e. The fraction of sp³-hybridized carbons (Fsp3) is 0.545. The molecule has 2 aliphatic heterocycles. The second-order valence-corrected chi connectivity index (χ2v) is 8.65. The third kappa shape index (κ3) is 4.65. The number of nitrogens with zero attached hydrogens (tertiary/aromatic N) is 1. The summed E-state index contributed by atoms with van der Waals surface area (Å²) in [4.78, 5) is 27.3. The summed E-state index contributed by atoms with van der Waals surface area (Å²) in [6, 6.07) is 6.39. The second kappa shape index (κ2) is 8.86. The van der Waals surface area contributed by atoms with Crippen molar-refractivity contribution in [3.05, 3.63) is 47.0 Å². The number of amides is 2. The van der Waals surface area contributed by atoms with Gasteiger partial charge in [0.15, 0.2) is 0 Å². The van der Waals surface area contributed by atoms with Crippen LogP contribution < -0.4 is 5.32 Å². The Hall–Kier alpha value is -1.89. The van der Waals surface area contributed by atoms with E-state index >= 15 is 0 Å². The van der Waals surface area contributed by atoms with Crippen LogP contribution in [0, 0.1) is 5.92 Å². The Morgan fingerprint density at radius 1 is 1.34 bits per heavy atom. The third-order valence-electron chi connectivity index (χ3n) is 5.80. The molecular formula is C22H29ClN2O4. The number of nitrogens with one attached hydrogen (secondary N) is 1. The first kappa shape index (κ1) is 21.8. The van der Waals surface area contributed by atoms with Crippen molar-refractivity contribution in [2.24, 2.45) is 5.92 Å². The summed E-state index contributed by atoms with van der Waals surface area (Å²) in [6.07, 6.45) is 1.40. The number of carbonyl (C=O) groups excluding carboxylic acids is 2. The van der Waals surface area contributed by atoms with Crippen LogP contribution >= 0.6 is 11.6 Å². The SMILES string of the molecule is C=C1CN(C(=O)[C@H](NC(=O)C2CCCO2)C(C)C)CC[C@]1(O)c1ccc(Cl)cc1. The van der Waals surface area contributed by atoms with E-state index in [1.54, 1.807) is 29.2 Å². The van der Waals surface area contributed by atoms with Crippen molar-refractivity contribution in [3.8, 4) is 0 Å². The highest BCUT2D eigenvalue weighted by Crippen LogP contribution is 2.37. The summed E-state index contributed by atoms with van der Waals surface area (Å²) in [6.45, 7) is 9.03. The van der Waals surface area contributed by atoms with Crippen molar-refractivity contribution >= 4 is 23.4 Å². The molecule has 29 heavy (non-hydrogen) atoms. The monoisotopic (exact) mass is 420 g/mol. The molecule has 0 bridgehead atoms. The van der Waals surface area contributed by atoms with Gasteiger partial charge in [-0.15, -0.1) is 0 Å². The van der Waals surface area contributed by atoms with Gasteiger partial charge in [0.05, 0.1) is 0 Å². The first-order valence-electron chi connectivity index (χ1n) is 10.1. The van der Waals surface area contributed by atoms with Gasteiger partial charge in [-0.1, -0.05) is 44.2 Å². The number of ether oxygens (including phenoxy) is 1. The van der Waals surface area contributed by atoms with Crippen molar-refractivity contribution in [1.29, 1.82) is 0 Å². The Morgan fingerprint density at radius 2 is 2.03 bits per heavy atom. The Morgan fingerprint density at radius 3 is 2.59 bits per heavy atom. The van der Waals surface area contributed by atoms with Crippen molar-refractivity contribution < 1.29 is 19.4 Å². The number of likely N-dealkylation sites (tertiary alicyclic amines) is 1. The van der Waals surface area contributed by atoms with Crippen molar-refractivity contribution in [1.82, 2.24) is 10.2 Å². The number of hydrogen-bond acceptors (Lipinski definition) is 4. The van der Waals surface area contributed by atoms with E-state index in [1.807, 2.05) is 13.8 Å². The average Bonchev–Trinajstić information content (AvgIpc) is 3.23. The second-order valence-electron chi connectivity index (χ2n) is 8.21. The van der Waals surface area contributed by atoms with E-state index in [2.05, 4.69) is 11.9 Å². The van der Waals surface area contributed by atoms with E-state index in [9.17, 15) is 14.7 Å². The molecule has 0 aromatic heterocycles. The number of benzene rings is 1. The van der Waals surface area contributed by atoms with Crippen molar-refractivity contribution in [2.45, 2.75) is 50.9 Å². The summed E-state index contributed by atoms with van der Waals surface area (Å²) in [5, 5.41) is 14.6. The minimum atomic E-state index is -1.20. The Labute approximate surface area is 176 Å². The zero-order chi connectivity index (χ0) is 21.2. The molecule has 2 amide bonds. The van der Waals surface area contributed by atoms with E-state index in [-0.39, 0.29) is 24.3 Å². The Kier molecular flexibility index (Phi) is 6.66. The molecule has 0 saturated carbocycles. The molecule has 1 aromatic carbocycles. The lowest BCUT2D eigenvalue weighted by atomic mass is 9.81. The Balaban J connectivity index is 1.68. The van der Waals surface area contributed by atoms with Gasteiger partial charge in [0.2, 0.25) is 11.8 Å². The number of aliphatic hydroxyl groups is 1. The van der Waals surface area contributed by atoms with Crippen LogP contribution in [0.1, 0.15) is 38.7 Å². The van der Waals surface area contributed by atoms with Crippen LogP contribution in [-0.4, -0.2) is 53.7 Å². The van der Waals surface area contributed by atoms with E-state index in [0.29, 0.717) is 42.2 Å². The van der Waals surface area contributed by atoms with Crippen LogP contribution in [0.25, 0.3) is 0 Å². The lowest BCUT2D eigenvalue weighted by molar-refractivity contribution is -0.141. The van der Waals surface area contributed by atoms with Gasteiger partial charge in [0.25, 0.3) is 0 Å². The molecule has 3 atom stereocenters. The summed E-state index contributed by atoms with van der Waals surface area (Å²) >= 11 is 5.95. The van der Waals surface area contributed by atoms with Crippen molar-refractivity contribution in [3.63, 3.8) is 0 Å². The summed E-state index contributed by atoms with van der Waals surface area (Å²) in [5.41, 5.74) is 0.0637. The van der Waals surface area contributed by atoms with E-state index in [4.69, 9.17) is 16.3 Å². The minimum Gasteiger partial charge on any atom is -0.381 e. The lowest BCUT2D eigenvalue weighted by Crippen LogP contribution is -2.56. The van der Waals surface area contributed by atoms with Gasteiger partial charge < -0.3 is 20.1 Å². The highest BCUT2D eigenvalue weighted by Gasteiger charge is 2.41. The molecule has 0 aliphatic carbocycles. The van der Waals surface area contributed by atoms with Crippen LogP contribution in [0.4, 0.5) is 0 Å². The molecule has 158 valence electrons. The van der Waals surface area contributed by atoms with Crippen LogP contribution in [-0.2, 0) is 19.9 Å². The quantitative estimate of drug-likeness (QED) is 0.718. The lowest BCUT2D eigenvalue weighted by Gasteiger charge is -2.42. The van der Waals surface area contributed by atoms with Crippen LogP contribution in [0.5, 0.6) is 0 Å². The van der Waals surface area contributed by atoms with Gasteiger partial charge in [0.1, 0.15) is 17.7 Å². The summed E-state index contributed by atoms with van der Waals surface area (Å²) in [5.74, 6) is -0.466. The number of carbonyl (C=O) groups is 2. The maximum absolute atomic E-state index is 13.2. The number of hydrogen-bond donors (Lipinski definition) is 2. The molecule has 2 fully saturated rings. The summed E-state index contributed by atoms with van der Waals surface area (Å²) in [7, 11) is 0. The van der Waals surface area contributed by atoms with Gasteiger partial charge in [-0.3, -0.25) is 9.59 Å². The minimum absolute atomic E-state index is 0.0711. The predicted molar refractivity (Wildman–Crippen MR) is 111 cm³/mol. The third-order valence-corrected chi connectivity index (χ3v) is 6.05. The average molecular weight is 421 g/mol. The van der Waals surface area contributed by atoms with Crippen molar-refractivity contribution in [2.75, 3.05) is 19.7 Å². The first-order chi connectivity index (χ1) is 13.7. The topological polar surface area (TPSA) is 78.9 Å². The maximum atomic E-state index is 13.2. The predicted octanol–water partition coefficient (Wildman–Crippen LogP) is 2.64.